The number of aliphatic carboxylic acids is 1. The molecule has 37 heavy (non-hydrogen) atoms. The third-order valence-corrected chi connectivity index (χ3v) is 8.09. The summed E-state index contributed by atoms with van der Waals surface area (Å²) in [7, 11) is 1.35. The minimum Gasteiger partial charge on any atom is -0.482 e. The molecular weight excluding hydrogens is 515 g/mol. The predicted molar refractivity (Wildman–Crippen MR) is 128 cm³/mol. The summed E-state index contributed by atoms with van der Waals surface area (Å²) in [5.74, 6) is 0.882. The lowest BCUT2D eigenvalue weighted by molar-refractivity contribution is -0.192. The van der Waals surface area contributed by atoms with Crippen LogP contribution in [0.2, 0.25) is 0 Å². The zero-order valence-corrected chi connectivity index (χ0v) is 21.6. The Bertz CT molecular complexity index is 1080. The molecule has 1 saturated heterocycles. The second-order valence-corrected chi connectivity index (χ2v) is 10.3. The molecule has 2 heterocycles. The number of benzene rings is 1. The summed E-state index contributed by atoms with van der Waals surface area (Å²) in [4.78, 5) is 20.2. The van der Waals surface area contributed by atoms with E-state index in [9.17, 15) is 18.0 Å². The Kier molecular flexibility index (Phi) is 9.05. The SMILES string of the molecule is CCC(C)n1nnnc1C1(NCc2cccc(OCC(=O)OC)c2)CC2(CSC2)C1.O=C(O)C(F)(F)F. The summed E-state index contributed by atoms with van der Waals surface area (Å²) >= 11 is 2.02. The fourth-order valence-corrected chi connectivity index (χ4v) is 5.57. The molecular formula is C23H30F3N5O5S. The van der Waals surface area contributed by atoms with Crippen molar-refractivity contribution in [3.63, 3.8) is 0 Å². The smallest absolute Gasteiger partial charge is 0.482 e. The summed E-state index contributed by atoms with van der Waals surface area (Å²) < 4.78 is 43.9. The fraction of sp³-hybridized carbons (Fsp3) is 0.609. The van der Waals surface area contributed by atoms with Gasteiger partial charge in [0.15, 0.2) is 12.4 Å². The normalized spacial score (nSPS) is 18.0. The van der Waals surface area contributed by atoms with Crippen LogP contribution in [0.3, 0.4) is 0 Å². The number of hydrogen-bond acceptors (Lipinski definition) is 9. The Morgan fingerprint density at radius 1 is 1.30 bits per heavy atom. The molecule has 2 N–H and O–H groups in total. The number of carboxylic acid groups (broad SMARTS) is 1. The van der Waals surface area contributed by atoms with Crippen LogP contribution in [0.25, 0.3) is 0 Å². The molecule has 14 heteroatoms. The molecule has 10 nitrogen and oxygen atoms in total. The van der Waals surface area contributed by atoms with E-state index >= 15 is 0 Å². The molecule has 4 rings (SSSR count). The molecule has 0 bridgehead atoms. The van der Waals surface area contributed by atoms with Crippen LogP contribution in [0, 0.1) is 5.41 Å². The van der Waals surface area contributed by atoms with Crippen molar-refractivity contribution in [2.45, 2.75) is 57.4 Å². The third-order valence-electron chi connectivity index (χ3n) is 6.46. The number of aromatic nitrogens is 4. The van der Waals surface area contributed by atoms with E-state index in [0.717, 1.165) is 30.7 Å². The molecule has 1 unspecified atom stereocenters. The molecule has 2 aliphatic rings. The Hall–Kier alpha value is -2.87. The first-order chi connectivity index (χ1) is 17.4. The Morgan fingerprint density at radius 3 is 2.51 bits per heavy atom. The predicted octanol–water partition coefficient (Wildman–Crippen LogP) is 3.34. The van der Waals surface area contributed by atoms with Crippen molar-refractivity contribution in [3.05, 3.63) is 35.7 Å². The highest BCUT2D eigenvalue weighted by Crippen LogP contribution is 2.61. The van der Waals surface area contributed by atoms with E-state index in [4.69, 9.17) is 14.6 Å². The van der Waals surface area contributed by atoms with Gasteiger partial charge in [-0.05, 0) is 71.2 Å². The number of esters is 1. The number of carboxylic acids is 1. The minimum absolute atomic E-state index is 0.0960. The van der Waals surface area contributed by atoms with Crippen LogP contribution in [0.15, 0.2) is 24.3 Å². The van der Waals surface area contributed by atoms with Gasteiger partial charge in [-0.1, -0.05) is 19.1 Å². The van der Waals surface area contributed by atoms with Crippen LogP contribution in [0.4, 0.5) is 13.2 Å². The first-order valence-electron chi connectivity index (χ1n) is 11.6. The number of hydrogen-bond donors (Lipinski definition) is 2. The van der Waals surface area contributed by atoms with Gasteiger partial charge in [-0.3, -0.25) is 0 Å². The van der Waals surface area contributed by atoms with Gasteiger partial charge in [-0.15, -0.1) is 5.10 Å². The highest BCUT2D eigenvalue weighted by molar-refractivity contribution is 8.00. The number of thioether (sulfide) groups is 1. The van der Waals surface area contributed by atoms with E-state index < -0.39 is 18.1 Å². The van der Waals surface area contributed by atoms with Gasteiger partial charge in [0.25, 0.3) is 0 Å². The average Bonchev–Trinajstić information content (AvgIpc) is 3.31. The molecule has 2 aromatic rings. The van der Waals surface area contributed by atoms with Gasteiger partial charge in [0.1, 0.15) is 5.75 Å². The standard InChI is InChI=1S/C21H29N5O3S.C2HF3O2/c1-4-15(2)26-19(23-24-25-26)21(11-20(12-21)13-30-14-20)22-9-16-6-5-7-17(8-16)29-10-18(27)28-3;3-2(4,5)1(6)7/h5-8,15,22H,4,9-14H2,1-3H3;(H,6,7). The number of tetrazole rings is 1. The van der Waals surface area contributed by atoms with Crippen LogP contribution < -0.4 is 10.1 Å². The first-order valence-corrected chi connectivity index (χ1v) is 12.8. The van der Waals surface area contributed by atoms with E-state index in [-0.39, 0.29) is 18.2 Å². The topological polar surface area (TPSA) is 128 Å². The first kappa shape index (κ1) is 28.7. The molecule has 1 aromatic carbocycles. The summed E-state index contributed by atoms with van der Waals surface area (Å²) in [5.41, 5.74) is 1.30. The van der Waals surface area contributed by atoms with Crippen molar-refractivity contribution in [1.82, 2.24) is 25.5 Å². The maximum atomic E-state index is 11.3. The highest BCUT2D eigenvalue weighted by atomic mass is 32.2. The Labute approximate surface area is 216 Å². The largest absolute Gasteiger partial charge is 0.490 e. The number of alkyl halides is 3. The molecule has 0 amide bonds. The Morgan fingerprint density at radius 2 is 1.97 bits per heavy atom. The van der Waals surface area contributed by atoms with E-state index in [0.29, 0.717) is 17.7 Å². The number of carbonyl (C=O) groups is 2. The molecule has 1 aromatic heterocycles. The van der Waals surface area contributed by atoms with Gasteiger partial charge in [0.05, 0.1) is 18.7 Å². The summed E-state index contributed by atoms with van der Waals surface area (Å²) in [6, 6.07) is 8.04. The van der Waals surface area contributed by atoms with Crippen molar-refractivity contribution in [1.29, 1.82) is 0 Å². The number of halogens is 3. The molecule has 1 atom stereocenters. The minimum atomic E-state index is -5.08. The van der Waals surface area contributed by atoms with E-state index in [1.54, 1.807) is 0 Å². The molecule has 1 aliphatic heterocycles. The lowest BCUT2D eigenvalue weighted by Gasteiger charge is -2.60. The summed E-state index contributed by atoms with van der Waals surface area (Å²) in [6.45, 7) is 4.89. The van der Waals surface area contributed by atoms with Crippen molar-refractivity contribution in [2.75, 3.05) is 25.2 Å². The van der Waals surface area contributed by atoms with Crippen molar-refractivity contribution < 1.29 is 37.3 Å². The lowest BCUT2D eigenvalue weighted by atomic mass is 9.58. The van der Waals surface area contributed by atoms with Gasteiger partial charge in [-0.2, -0.15) is 24.9 Å². The fourth-order valence-electron chi connectivity index (χ4n) is 4.38. The highest BCUT2D eigenvalue weighted by Gasteiger charge is 2.60. The van der Waals surface area contributed by atoms with E-state index in [2.05, 4.69) is 45.5 Å². The van der Waals surface area contributed by atoms with Crippen LogP contribution in [-0.2, 0) is 26.4 Å². The van der Waals surface area contributed by atoms with Crippen molar-refractivity contribution >= 4 is 23.7 Å². The van der Waals surface area contributed by atoms with Gasteiger partial charge in [0.2, 0.25) is 0 Å². The Balaban J connectivity index is 0.000000479. The van der Waals surface area contributed by atoms with Gasteiger partial charge in [-0.25, -0.2) is 14.3 Å². The molecule has 2 fully saturated rings. The van der Waals surface area contributed by atoms with Crippen LogP contribution in [-0.4, -0.2) is 68.7 Å². The second kappa shape index (κ2) is 11.7. The second-order valence-electron chi connectivity index (χ2n) is 9.30. The van der Waals surface area contributed by atoms with Crippen LogP contribution >= 0.6 is 11.8 Å². The molecule has 0 radical (unpaired) electrons. The number of carbonyl (C=O) groups excluding carboxylic acids is 1. The lowest BCUT2D eigenvalue weighted by Crippen LogP contribution is -2.63. The molecule has 204 valence electrons. The van der Waals surface area contributed by atoms with Crippen molar-refractivity contribution in [3.8, 4) is 5.75 Å². The zero-order valence-electron chi connectivity index (χ0n) is 20.7. The third kappa shape index (κ3) is 6.92. The summed E-state index contributed by atoms with van der Waals surface area (Å²) in [6.07, 6.45) is -1.99. The maximum absolute atomic E-state index is 11.3. The van der Waals surface area contributed by atoms with Crippen molar-refractivity contribution in [2.24, 2.45) is 5.41 Å². The number of rotatable bonds is 9. The molecule has 1 spiro atoms. The van der Waals surface area contributed by atoms with Crippen LogP contribution in [0.1, 0.15) is 50.5 Å². The molecule has 1 aliphatic carbocycles. The monoisotopic (exact) mass is 545 g/mol. The van der Waals surface area contributed by atoms with Gasteiger partial charge in [0, 0.05) is 6.54 Å². The zero-order chi connectivity index (χ0) is 27.3. The number of nitrogens with zero attached hydrogens (tertiary/aromatic N) is 4. The number of methoxy groups -OCH3 is 1. The number of nitrogens with one attached hydrogen (secondary N) is 1. The van der Waals surface area contributed by atoms with Gasteiger partial charge < -0.3 is 19.9 Å². The molecule has 1 saturated carbocycles. The van der Waals surface area contributed by atoms with Gasteiger partial charge >= 0.3 is 18.1 Å². The quantitative estimate of drug-likeness (QED) is 0.453. The average molecular weight is 546 g/mol. The summed E-state index contributed by atoms with van der Waals surface area (Å²) in [5, 5.41) is 23.6. The maximum Gasteiger partial charge on any atom is 0.490 e. The number of ether oxygens (including phenoxy) is 2. The van der Waals surface area contributed by atoms with Crippen LogP contribution in [0.5, 0.6) is 5.75 Å². The van der Waals surface area contributed by atoms with E-state index in [1.807, 2.05) is 34.6 Å². The van der Waals surface area contributed by atoms with E-state index in [1.165, 1.54) is 18.6 Å².